The molecule has 2 aromatic heterocycles. The van der Waals surface area contributed by atoms with Gasteiger partial charge in [0.2, 0.25) is 0 Å². The molecule has 13 nitrogen and oxygen atoms in total. The van der Waals surface area contributed by atoms with Crippen LogP contribution in [0.1, 0.15) is 12.6 Å². The number of thiophene rings is 1. The Morgan fingerprint density at radius 3 is 2.53 bits per heavy atom. The Labute approximate surface area is 177 Å². The fourth-order valence-electron chi connectivity index (χ4n) is 2.70. The maximum absolute atomic E-state index is 11.8. The number of phosphoric acid groups is 3. The lowest BCUT2D eigenvalue weighted by Crippen LogP contribution is -2.26. The first-order valence-corrected chi connectivity index (χ1v) is 13.8. The van der Waals surface area contributed by atoms with Gasteiger partial charge in [-0.15, -0.1) is 11.3 Å². The Morgan fingerprint density at radius 2 is 1.87 bits per heavy atom. The first-order valence-electron chi connectivity index (χ1n) is 7.96. The summed E-state index contributed by atoms with van der Waals surface area (Å²) < 4.78 is 54.0. The zero-order valence-electron chi connectivity index (χ0n) is 14.7. The maximum atomic E-state index is 11.8. The number of pyridine rings is 1. The number of phosphoric ester groups is 1. The minimum atomic E-state index is -5.62. The Hall–Kier alpha value is -0.340. The first-order chi connectivity index (χ1) is 13.8. The van der Waals surface area contributed by atoms with E-state index in [4.69, 9.17) is 31.6 Å². The second-order valence-corrected chi connectivity index (χ2v) is 11.8. The van der Waals surface area contributed by atoms with Gasteiger partial charge in [0.05, 0.1) is 17.4 Å². The molecule has 5 N–H and O–H groups in total. The lowest BCUT2D eigenvalue weighted by atomic mass is 10.2. The average Bonchev–Trinajstić information content (AvgIpc) is 3.17. The first kappa shape index (κ1) is 24.3. The van der Waals surface area contributed by atoms with Crippen molar-refractivity contribution in [2.45, 2.75) is 24.9 Å². The van der Waals surface area contributed by atoms with Crippen molar-refractivity contribution in [2.24, 2.45) is 0 Å². The molecule has 18 heteroatoms. The molecule has 1 aliphatic rings. The quantitative estimate of drug-likeness (QED) is 0.250. The fraction of sp³-hybridized carbons (Fsp3) is 0.417. The molecule has 3 heterocycles. The number of fused-ring (bicyclic) bond motifs is 1. The van der Waals surface area contributed by atoms with E-state index in [1.165, 1.54) is 11.3 Å². The average molecular weight is 523 g/mol. The van der Waals surface area contributed by atoms with Crippen molar-refractivity contribution in [1.29, 1.82) is 0 Å². The van der Waals surface area contributed by atoms with Crippen LogP contribution in [0.3, 0.4) is 0 Å². The van der Waals surface area contributed by atoms with E-state index in [2.05, 4.69) is 13.1 Å². The van der Waals surface area contributed by atoms with Crippen LogP contribution < -0.4 is 0 Å². The van der Waals surface area contributed by atoms with Gasteiger partial charge in [-0.05, 0) is 22.9 Å². The molecular weight excluding hydrogens is 507 g/mol. The summed E-state index contributed by atoms with van der Waals surface area (Å²) in [5, 5.41) is 13.0. The highest BCUT2D eigenvalue weighted by molar-refractivity contribution is 7.71. The molecule has 3 rings (SSSR count). The van der Waals surface area contributed by atoms with Gasteiger partial charge in [0.25, 0.3) is 0 Å². The molecule has 30 heavy (non-hydrogen) atoms. The van der Waals surface area contributed by atoms with Crippen LogP contribution in [0.4, 0.5) is 0 Å². The number of aromatic nitrogens is 1. The number of hydrogen-bond donors (Lipinski definition) is 5. The third kappa shape index (κ3) is 6.12. The lowest BCUT2D eigenvalue weighted by Gasteiger charge is -2.19. The van der Waals surface area contributed by atoms with Crippen molar-refractivity contribution in [3.8, 4) is 0 Å². The van der Waals surface area contributed by atoms with E-state index in [1.54, 1.807) is 10.8 Å². The molecule has 0 amide bonds. The molecule has 168 valence electrons. The highest BCUT2D eigenvalue weighted by Crippen LogP contribution is 2.66. The van der Waals surface area contributed by atoms with E-state index in [1.807, 2.05) is 17.5 Å². The van der Waals surface area contributed by atoms with Gasteiger partial charge in [-0.1, -0.05) is 12.2 Å². The van der Waals surface area contributed by atoms with Gasteiger partial charge in [-0.25, -0.2) is 13.7 Å². The van der Waals surface area contributed by atoms with Crippen LogP contribution in [0, 0.1) is 4.64 Å². The van der Waals surface area contributed by atoms with Crippen LogP contribution in [0.2, 0.25) is 0 Å². The van der Waals surface area contributed by atoms with Gasteiger partial charge in [0.15, 0.2) is 0 Å². The highest BCUT2D eigenvalue weighted by atomic mass is 32.1. The Kier molecular flexibility index (Phi) is 7.20. The lowest BCUT2D eigenvalue weighted by molar-refractivity contribution is -0.0438. The van der Waals surface area contributed by atoms with Gasteiger partial charge in [0, 0.05) is 12.6 Å². The van der Waals surface area contributed by atoms with Crippen molar-refractivity contribution in [3.63, 3.8) is 0 Å². The van der Waals surface area contributed by atoms with Crippen LogP contribution in [-0.2, 0) is 31.6 Å². The van der Waals surface area contributed by atoms with Gasteiger partial charge in [-0.2, -0.15) is 8.62 Å². The Balaban J connectivity index is 1.64. The molecule has 5 atom stereocenters. The smallest absolute Gasteiger partial charge is 0.390 e. The van der Waals surface area contributed by atoms with Crippen LogP contribution in [0.15, 0.2) is 23.7 Å². The van der Waals surface area contributed by atoms with Crippen LogP contribution in [-0.4, -0.2) is 48.1 Å². The molecule has 3 unspecified atom stereocenters. The zero-order chi connectivity index (χ0) is 22.3. The van der Waals surface area contributed by atoms with Crippen LogP contribution in [0.25, 0.3) is 10.1 Å². The number of hydrogen-bond acceptors (Lipinski definition) is 10. The van der Waals surface area contributed by atoms with E-state index in [0.717, 1.165) is 10.1 Å². The van der Waals surface area contributed by atoms with E-state index >= 15 is 0 Å². The van der Waals surface area contributed by atoms with Crippen LogP contribution >= 0.6 is 47.0 Å². The van der Waals surface area contributed by atoms with Crippen LogP contribution in [0.5, 0.6) is 0 Å². The number of aliphatic hydroxyl groups excluding tert-OH is 1. The molecule has 2 aromatic rings. The Bertz CT molecular complexity index is 1130. The summed E-state index contributed by atoms with van der Waals surface area (Å²) in [5.74, 6) is 0. The monoisotopic (exact) mass is 523 g/mol. The second-order valence-electron chi connectivity index (χ2n) is 6.05. The van der Waals surface area contributed by atoms with Crippen molar-refractivity contribution < 1.29 is 56.3 Å². The van der Waals surface area contributed by atoms with Gasteiger partial charge >= 0.3 is 23.5 Å². The predicted octanol–water partition coefficient (Wildman–Crippen LogP) is 2.42. The van der Waals surface area contributed by atoms with Gasteiger partial charge in [-0.3, -0.25) is 4.52 Å². The maximum Gasteiger partial charge on any atom is 0.490 e. The van der Waals surface area contributed by atoms with E-state index in [-0.39, 0.29) is 6.42 Å². The second kappa shape index (κ2) is 8.89. The molecule has 1 saturated heterocycles. The zero-order valence-corrected chi connectivity index (χ0v) is 19.0. The molecule has 0 saturated carbocycles. The van der Waals surface area contributed by atoms with Gasteiger partial charge in [0.1, 0.15) is 17.0 Å². The van der Waals surface area contributed by atoms with E-state index in [9.17, 15) is 23.7 Å². The number of ether oxygens (including phenoxy) is 1. The fourth-order valence-corrected chi connectivity index (χ4v) is 7.00. The SMILES string of the molecule is O=P(O)(O)OP(=O)(O)OP(=O)(O)OC[C@H]1O[C@@H](n2ccc3ccsc3c2=S)CC1O. The van der Waals surface area contributed by atoms with Gasteiger partial charge < -0.3 is 34.0 Å². The molecule has 1 fully saturated rings. The standard InChI is InChI=1S/C12H16NO12P3S2/c14-8-5-10(13-3-1-7-2-4-30-11(7)12(13)29)23-9(8)6-22-27(18,19)25-28(20,21)24-26(15,16)17/h1-4,8-10,14H,5-6H2,(H,18,19)(H,20,21)(H2,15,16,17)/t8?,9-,10-/m1/s1. The normalized spacial score (nSPS) is 26.5. The van der Waals surface area contributed by atoms with Crippen molar-refractivity contribution in [2.75, 3.05) is 6.61 Å². The van der Waals surface area contributed by atoms with E-state index in [0.29, 0.717) is 4.64 Å². The Morgan fingerprint density at radius 1 is 1.17 bits per heavy atom. The highest BCUT2D eigenvalue weighted by Gasteiger charge is 2.42. The van der Waals surface area contributed by atoms with Crippen molar-refractivity contribution in [3.05, 3.63) is 28.4 Å². The third-order valence-corrected chi connectivity index (χ3v) is 9.16. The summed E-state index contributed by atoms with van der Waals surface area (Å²) in [6.07, 6.45) is -1.20. The summed E-state index contributed by atoms with van der Waals surface area (Å²) in [4.78, 5) is 35.6. The third-order valence-electron chi connectivity index (χ3n) is 3.87. The largest absolute Gasteiger partial charge is 0.490 e. The predicted molar refractivity (Wildman–Crippen MR) is 105 cm³/mol. The molecule has 0 spiro atoms. The number of rotatable bonds is 8. The van der Waals surface area contributed by atoms with Crippen molar-refractivity contribution >= 4 is 57.1 Å². The summed E-state index contributed by atoms with van der Waals surface area (Å²) >= 11 is 6.87. The topological polar surface area (TPSA) is 194 Å². The molecule has 0 aliphatic carbocycles. The summed E-state index contributed by atoms with van der Waals surface area (Å²) in [5.41, 5.74) is 0. The number of aliphatic hydroxyl groups is 1. The number of nitrogens with zero attached hydrogens (tertiary/aromatic N) is 1. The minimum absolute atomic E-state index is 0.0790. The molecular formula is C12H16NO12P3S2. The molecule has 1 aliphatic heterocycles. The molecule has 0 radical (unpaired) electrons. The molecule has 0 bridgehead atoms. The summed E-state index contributed by atoms with van der Waals surface area (Å²) in [6.45, 7) is -0.740. The summed E-state index contributed by atoms with van der Waals surface area (Å²) in [7, 11) is -16.4. The van der Waals surface area contributed by atoms with E-state index < -0.39 is 48.5 Å². The van der Waals surface area contributed by atoms with Crippen molar-refractivity contribution in [1.82, 2.24) is 4.57 Å². The minimum Gasteiger partial charge on any atom is -0.390 e. The summed E-state index contributed by atoms with van der Waals surface area (Å²) in [6, 6.07) is 3.72. The molecule has 0 aromatic carbocycles.